The van der Waals surface area contributed by atoms with Crippen molar-refractivity contribution in [1.29, 1.82) is 0 Å². The van der Waals surface area contributed by atoms with Crippen molar-refractivity contribution in [1.82, 2.24) is 4.90 Å². The smallest absolute Gasteiger partial charge is 0.393 e. The molecular weight excluding hydrogens is 331 g/mol. The molecule has 1 atom stereocenters. The molecule has 25 heavy (non-hydrogen) atoms. The first kappa shape index (κ1) is 16.3. The summed E-state index contributed by atoms with van der Waals surface area (Å²) in [4.78, 5) is 1.76. The van der Waals surface area contributed by atoms with E-state index in [4.69, 9.17) is 4.42 Å². The summed E-state index contributed by atoms with van der Waals surface area (Å²) in [5.74, 6) is -1.20. The number of rotatable bonds is 2. The number of halogens is 3. The molecule has 0 saturated carbocycles. The van der Waals surface area contributed by atoms with Gasteiger partial charge in [-0.3, -0.25) is 4.90 Å². The van der Waals surface area contributed by atoms with E-state index in [1.807, 2.05) is 24.3 Å². The van der Waals surface area contributed by atoms with Crippen molar-refractivity contribution < 1.29 is 22.7 Å². The maximum atomic E-state index is 13.0. The Labute approximate surface area is 142 Å². The normalized spacial score (nSPS) is 19.7. The number of fused-ring (bicyclic) bond motifs is 3. The number of phenols is 1. The van der Waals surface area contributed by atoms with Gasteiger partial charge in [0.1, 0.15) is 16.9 Å². The predicted octanol–water partition coefficient (Wildman–Crippen LogP) is 5.07. The number of alkyl halides is 3. The fourth-order valence-corrected chi connectivity index (χ4v) is 3.64. The van der Waals surface area contributed by atoms with E-state index in [9.17, 15) is 18.3 Å². The molecule has 2 heterocycles. The first-order chi connectivity index (χ1) is 11.9. The molecule has 0 amide bonds. The second-order valence-corrected chi connectivity index (χ2v) is 6.69. The molecule has 3 nitrogen and oxygen atoms in total. The van der Waals surface area contributed by atoms with E-state index in [-0.39, 0.29) is 25.3 Å². The summed E-state index contributed by atoms with van der Waals surface area (Å²) in [6.45, 7) is 0.858. The molecule has 132 valence electrons. The molecule has 1 N–H and O–H groups in total. The van der Waals surface area contributed by atoms with Gasteiger partial charge in [0.15, 0.2) is 0 Å². The van der Waals surface area contributed by atoms with Crippen molar-refractivity contribution in [3.8, 4) is 5.75 Å². The fourth-order valence-electron chi connectivity index (χ4n) is 3.64. The van der Waals surface area contributed by atoms with E-state index in [0.29, 0.717) is 24.1 Å². The number of piperidine rings is 1. The number of hydrogen-bond donors (Lipinski definition) is 1. The van der Waals surface area contributed by atoms with Gasteiger partial charge in [0.2, 0.25) is 0 Å². The molecule has 0 unspecified atom stereocenters. The van der Waals surface area contributed by atoms with Gasteiger partial charge in [-0.25, -0.2) is 0 Å². The van der Waals surface area contributed by atoms with Crippen LogP contribution in [0.4, 0.5) is 13.2 Å². The van der Waals surface area contributed by atoms with Gasteiger partial charge >= 0.3 is 6.18 Å². The Balaban J connectivity index is 1.63. The zero-order valence-corrected chi connectivity index (χ0v) is 13.5. The molecule has 1 aromatic heterocycles. The molecule has 4 rings (SSSR count). The van der Waals surface area contributed by atoms with Crippen LogP contribution in [0.15, 0.2) is 40.8 Å². The van der Waals surface area contributed by atoms with Crippen LogP contribution < -0.4 is 0 Å². The second kappa shape index (κ2) is 5.95. The highest BCUT2D eigenvalue weighted by molar-refractivity contribution is 6.05. The molecule has 6 heteroatoms. The van der Waals surface area contributed by atoms with Crippen molar-refractivity contribution in [2.75, 3.05) is 13.1 Å². The number of nitrogens with zero attached hydrogens (tertiary/aromatic N) is 1. The Kier molecular flexibility index (Phi) is 3.87. The van der Waals surface area contributed by atoms with Gasteiger partial charge in [-0.15, -0.1) is 0 Å². The summed E-state index contributed by atoms with van der Waals surface area (Å²) in [5.41, 5.74) is 1.96. The minimum atomic E-state index is -4.16. The van der Waals surface area contributed by atoms with Gasteiger partial charge < -0.3 is 9.52 Å². The summed E-state index contributed by atoms with van der Waals surface area (Å²) in [5, 5.41) is 12.1. The van der Waals surface area contributed by atoms with Crippen molar-refractivity contribution in [2.45, 2.75) is 25.6 Å². The van der Waals surface area contributed by atoms with E-state index in [1.165, 1.54) is 0 Å². The van der Waals surface area contributed by atoms with Crippen LogP contribution in [0.5, 0.6) is 5.75 Å². The van der Waals surface area contributed by atoms with Crippen LogP contribution in [0, 0.1) is 5.92 Å². The van der Waals surface area contributed by atoms with Crippen molar-refractivity contribution in [2.24, 2.45) is 5.92 Å². The SMILES string of the molecule is Oc1cc2c(cc1CN1CCC[C@@H](C(F)(F)F)C1)oc1ccccc12. The summed E-state index contributed by atoms with van der Waals surface area (Å²) in [7, 11) is 0. The lowest BCUT2D eigenvalue weighted by molar-refractivity contribution is -0.187. The highest BCUT2D eigenvalue weighted by atomic mass is 19.4. The third-order valence-electron chi connectivity index (χ3n) is 4.94. The molecule has 1 saturated heterocycles. The van der Waals surface area contributed by atoms with E-state index < -0.39 is 12.1 Å². The Morgan fingerprint density at radius 2 is 1.92 bits per heavy atom. The molecule has 1 fully saturated rings. The zero-order chi connectivity index (χ0) is 17.6. The molecule has 3 aromatic rings. The maximum Gasteiger partial charge on any atom is 0.393 e. The van der Waals surface area contributed by atoms with E-state index in [2.05, 4.69) is 0 Å². The van der Waals surface area contributed by atoms with Gasteiger partial charge in [0.05, 0.1) is 5.92 Å². The van der Waals surface area contributed by atoms with Crippen LogP contribution in [0.3, 0.4) is 0 Å². The Morgan fingerprint density at radius 3 is 2.72 bits per heavy atom. The van der Waals surface area contributed by atoms with Crippen LogP contribution in [-0.4, -0.2) is 29.3 Å². The number of likely N-dealkylation sites (tertiary alicyclic amines) is 1. The third-order valence-corrected chi connectivity index (χ3v) is 4.94. The summed E-state index contributed by atoms with van der Waals surface area (Å²) in [6.07, 6.45) is -3.48. The highest BCUT2D eigenvalue weighted by Crippen LogP contribution is 2.36. The van der Waals surface area contributed by atoms with E-state index >= 15 is 0 Å². The topological polar surface area (TPSA) is 36.6 Å². The number of furan rings is 1. The van der Waals surface area contributed by atoms with Gasteiger partial charge in [-0.05, 0) is 37.6 Å². The van der Waals surface area contributed by atoms with Crippen LogP contribution in [0.1, 0.15) is 18.4 Å². The molecule has 1 aliphatic heterocycles. The first-order valence-corrected chi connectivity index (χ1v) is 8.34. The monoisotopic (exact) mass is 349 g/mol. The van der Waals surface area contributed by atoms with Gasteiger partial charge in [0, 0.05) is 29.4 Å². The minimum Gasteiger partial charge on any atom is -0.508 e. The maximum absolute atomic E-state index is 13.0. The predicted molar refractivity (Wildman–Crippen MR) is 89.4 cm³/mol. The lowest BCUT2D eigenvalue weighted by Gasteiger charge is -2.33. The van der Waals surface area contributed by atoms with Crippen LogP contribution in [0.25, 0.3) is 21.9 Å². The highest BCUT2D eigenvalue weighted by Gasteiger charge is 2.41. The quantitative estimate of drug-likeness (QED) is 0.702. The van der Waals surface area contributed by atoms with E-state index in [1.54, 1.807) is 17.0 Å². The van der Waals surface area contributed by atoms with Gasteiger partial charge in [0.25, 0.3) is 0 Å². The van der Waals surface area contributed by atoms with Crippen LogP contribution in [-0.2, 0) is 6.54 Å². The Bertz CT molecular complexity index is 916. The summed E-state index contributed by atoms with van der Waals surface area (Å²) in [6, 6.07) is 10.9. The standard InChI is InChI=1S/C19H18F3NO2/c20-19(21,22)13-4-3-7-23(11-13)10-12-8-18-15(9-16(12)24)14-5-1-2-6-17(14)25-18/h1-2,5-6,8-9,13,24H,3-4,7,10-11H2/t13-/m1/s1. The minimum absolute atomic E-state index is 0.0267. The number of para-hydroxylation sites is 1. The summed E-state index contributed by atoms with van der Waals surface area (Å²) >= 11 is 0. The van der Waals surface area contributed by atoms with Gasteiger partial charge in [-0.1, -0.05) is 18.2 Å². The third kappa shape index (κ3) is 3.06. The van der Waals surface area contributed by atoms with Crippen molar-refractivity contribution >= 4 is 21.9 Å². The van der Waals surface area contributed by atoms with E-state index in [0.717, 1.165) is 16.4 Å². The zero-order valence-electron chi connectivity index (χ0n) is 13.5. The molecule has 0 spiro atoms. The Hall–Kier alpha value is -2.21. The summed E-state index contributed by atoms with van der Waals surface area (Å²) < 4.78 is 44.7. The van der Waals surface area contributed by atoms with Crippen molar-refractivity contribution in [3.63, 3.8) is 0 Å². The second-order valence-electron chi connectivity index (χ2n) is 6.69. The number of hydrogen-bond acceptors (Lipinski definition) is 3. The fraction of sp³-hybridized carbons (Fsp3) is 0.368. The number of benzene rings is 2. The van der Waals surface area contributed by atoms with Gasteiger partial charge in [-0.2, -0.15) is 13.2 Å². The first-order valence-electron chi connectivity index (χ1n) is 8.34. The molecule has 0 bridgehead atoms. The van der Waals surface area contributed by atoms with Crippen molar-refractivity contribution in [3.05, 3.63) is 42.0 Å². The average molecular weight is 349 g/mol. The largest absolute Gasteiger partial charge is 0.508 e. The lowest BCUT2D eigenvalue weighted by Crippen LogP contribution is -2.41. The van der Waals surface area contributed by atoms with Crippen LogP contribution >= 0.6 is 0 Å². The molecular formula is C19H18F3NO2. The molecule has 0 aliphatic carbocycles. The number of phenolic OH excluding ortho intramolecular Hbond substituents is 1. The average Bonchev–Trinajstić information content (AvgIpc) is 2.92. The molecule has 1 aliphatic rings. The lowest BCUT2D eigenvalue weighted by atomic mass is 9.97. The molecule has 0 radical (unpaired) electrons. The molecule has 2 aromatic carbocycles. The Morgan fingerprint density at radius 1 is 1.12 bits per heavy atom. The number of aromatic hydroxyl groups is 1. The van der Waals surface area contributed by atoms with Crippen LogP contribution in [0.2, 0.25) is 0 Å².